The third kappa shape index (κ3) is 4.92. The summed E-state index contributed by atoms with van der Waals surface area (Å²) in [5, 5.41) is 22.3. The molecule has 1 fully saturated rings. The largest absolute Gasteiger partial charge is 0.419 e. The van der Waals surface area contributed by atoms with Crippen molar-refractivity contribution in [3.05, 3.63) is 68.0 Å². The number of ether oxygens (including phenoxy) is 1. The maximum Gasteiger partial charge on any atom is 0.416 e. The lowest BCUT2D eigenvalue weighted by atomic mass is 9.96. The fraction of sp³-hybridized carbons (Fsp3) is 0.316. The number of alkyl halides is 3. The summed E-state index contributed by atoms with van der Waals surface area (Å²) in [6.07, 6.45) is -4.49. The first kappa shape index (κ1) is 22.9. The summed E-state index contributed by atoms with van der Waals surface area (Å²) in [5.74, 6) is -2.94. The summed E-state index contributed by atoms with van der Waals surface area (Å²) in [5.41, 5.74) is -2.47. The van der Waals surface area contributed by atoms with Crippen LogP contribution in [0.5, 0.6) is 5.75 Å². The van der Waals surface area contributed by atoms with Gasteiger partial charge in [-0.3, -0.25) is 25.0 Å². The zero-order chi connectivity index (χ0) is 23.6. The SMILES string of the molecule is O=C(Oc1cc(F)ccc1[N+](=O)[O-])C1CCN(c2ccc(C(F)(F)F)cc2[N+](=O)[O-])CC1. The highest BCUT2D eigenvalue weighted by Crippen LogP contribution is 2.38. The minimum absolute atomic E-state index is 0.0180. The molecule has 0 amide bonds. The predicted octanol–water partition coefficient (Wildman–Crippen LogP) is 4.48. The number of rotatable bonds is 5. The Kier molecular flexibility index (Phi) is 6.27. The molecule has 3 rings (SSSR count). The number of nitro groups is 2. The van der Waals surface area contributed by atoms with Crippen molar-refractivity contribution >= 4 is 23.0 Å². The molecule has 1 aliphatic heterocycles. The highest BCUT2D eigenvalue weighted by atomic mass is 19.4. The Morgan fingerprint density at radius 3 is 2.19 bits per heavy atom. The lowest BCUT2D eigenvalue weighted by molar-refractivity contribution is -0.385. The minimum Gasteiger partial charge on any atom is -0.419 e. The molecule has 0 unspecified atom stereocenters. The summed E-state index contributed by atoms with van der Waals surface area (Å²) in [7, 11) is 0. The zero-order valence-corrected chi connectivity index (χ0v) is 16.2. The second kappa shape index (κ2) is 8.77. The van der Waals surface area contributed by atoms with Crippen LogP contribution in [0.25, 0.3) is 0 Å². The van der Waals surface area contributed by atoms with Crippen LogP contribution in [0.4, 0.5) is 34.6 Å². The van der Waals surface area contributed by atoms with Crippen LogP contribution in [0.15, 0.2) is 36.4 Å². The van der Waals surface area contributed by atoms with Gasteiger partial charge in [-0.15, -0.1) is 0 Å². The summed E-state index contributed by atoms with van der Waals surface area (Å²) >= 11 is 0. The number of carbonyl (C=O) groups is 1. The molecule has 0 aromatic heterocycles. The van der Waals surface area contributed by atoms with E-state index in [2.05, 4.69) is 0 Å². The average molecular weight is 457 g/mol. The van der Waals surface area contributed by atoms with Crippen molar-refractivity contribution in [1.29, 1.82) is 0 Å². The summed E-state index contributed by atoms with van der Waals surface area (Å²) in [6, 6.07) is 4.65. The maximum absolute atomic E-state index is 13.4. The predicted molar refractivity (Wildman–Crippen MR) is 102 cm³/mol. The van der Waals surface area contributed by atoms with Crippen molar-refractivity contribution in [2.45, 2.75) is 19.0 Å². The van der Waals surface area contributed by atoms with Gasteiger partial charge in [0.15, 0.2) is 0 Å². The van der Waals surface area contributed by atoms with Gasteiger partial charge in [0.25, 0.3) is 5.69 Å². The first-order chi connectivity index (χ1) is 15.0. The van der Waals surface area contributed by atoms with Crippen molar-refractivity contribution in [2.24, 2.45) is 5.92 Å². The van der Waals surface area contributed by atoms with Crippen molar-refractivity contribution in [3.63, 3.8) is 0 Å². The number of anilines is 1. The van der Waals surface area contributed by atoms with Crippen LogP contribution < -0.4 is 9.64 Å². The van der Waals surface area contributed by atoms with Gasteiger partial charge in [-0.05, 0) is 31.0 Å². The van der Waals surface area contributed by atoms with E-state index in [1.165, 1.54) is 4.90 Å². The van der Waals surface area contributed by atoms with E-state index in [9.17, 15) is 42.6 Å². The van der Waals surface area contributed by atoms with E-state index in [1.54, 1.807) is 0 Å². The third-order valence-electron chi connectivity index (χ3n) is 5.00. The minimum atomic E-state index is -4.74. The molecule has 0 aliphatic carbocycles. The van der Waals surface area contributed by atoms with Gasteiger partial charge in [-0.2, -0.15) is 13.2 Å². The van der Waals surface area contributed by atoms with Gasteiger partial charge in [0, 0.05) is 31.3 Å². The van der Waals surface area contributed by atoms with E-state index < -0.39 is 56.4 Å². The van der Waals surface area contributed by atoms with Gasteiger partial charge in [-0.1, -0.05) is 0 Å². The number of nitrogens with zero attached hydrogens (tertiary/aromatic N) is 3. The Bertz CT molecular complexity index is 1070. The van der Waals surface area contributed by atoms with E-state index >= 15 is 0 Å². The molecule has 13 heteroatoms. The standard InChI is InChI=1S/C19H15F4N3O6/c20-13-2-4-15(25(28)29)17(10-13)32-18(27)11-5-7-24(8-6-11)14-3-1-12(19(21,22)23)9-16(14)26(30)31/h1-4,9-11H,5-8H2. The molecule has 0 saturated carbocycles. The molecular weight excluding hydrogens is 442 g/mol. The summed E-state index contributed by atoms with van der Waals surface area (Å²) in [6.45, 7) is 0.189. The topological polar surface area (TPSA) is 116 Å². The van der Waals surface area contributed by atoms with Crippen LogP contribution in [-0.2, 0) is 11.0 Å². The Labute approximate surface area is 177 Å². The molecule has 32 heavy (non-hydrogen) atoms. The molecule has 0 radical (unpaired) electrons. The summed E-state index contributed by atoms with van der Waals surface area (Å²) < 4.78 is 57.0. The molecular formula is C19H15F4N3O6. The molecule has 0 atom stereocenters. The van der Waals surface area contributed by atoms with E-state index in [0.717, 1.165) is 30.3 Å². The molecule has 9 nitrogen and oxygen atoms in total. The van der Waals surface area contributed by atoms with E-state index in [0.29, 0.717) is 6.07 Å². The number of esters is 1. The molecule has 2 aromatic rings. The molecule has 1 aliphatic rings. The van der Waals surface area contributed by atoms with Crippen LogP contribution in [0.3, 0.4) is 0 Å². The molecule has 1 heterocycles. The van der Waals surface area contributed by atoms with Gasteiger partial charge in [-0.25, -0.2) is 4.39 Å². The van der Waals surface area contributed by atoms with Gasteiger partial charge in [0.1, 0.15) is 11.5 Å². The molecule has 170 valence electrons. The van der Waals surface area contributed by atoms with Crippen LogP contribution in [0.1, 0.15) is 18.4 Å². The fourth-order valence-corrected chi connectivity index (χ4v) is 3.38. The Morgan fingerprint density at radius 1 is 1.00 bits per heavy atom. The Morgan fingerprint density at radius 2 is 1.62 bits per heavy atom. The molecule has 0 bridgehead atoms. The number of hydrogen-bond acceptors (Lipinski definition) is 7. The van der Waals surface area contributed by atoms with E-state index in [1.807, 2.05) is 0 Å². The fourth-order valence-electron chi connectivity index (χ4n) is 3.38. The molecule has 1 saturated heterocycles. The van der Waals surface area contributed by atoms with Gasteiger partial charge in [0.05, 0.1) is 21.3 Å². The monoisotopic (exact) mass is 457 g/mol. The molecule has 2 aromatic carbocycles. The van der Waals surface area contributed by atoms with Crippen LogP contribution in [0, 0.1) is 32.0 Å². The van der Waals surface area contributed by atoms with Gasteiger partial charge >= 0.3 is 17.8 Å². The van der Waals surface area contributed by atoms with Crippen molar-refractivity contribution in [1.82, 2.24) is 0 Å². The highest BCUT2D eigenvalue weighted by molar-refractivity contribution is 5.77. The Balaban J connectivity index is 1.72. The number of carbonyl (C=O) groups excluding carboxylic acids is 1. The lowest BCUT2D eigenvalue weighted by Gasteiger charge is -2.32. The van der Waals surface area contributed by atoms with Gasteiger partial charge < -0.3 is 9.64 Å². The van der Waals surface area contributed by atoms with E-state index in [4.69, 9.17) is 4.74 Å². The lowest BCUT2D eigenvalue weighted by Crippen LogP contribution is -2.38. The number of piperidine rings is 1. The quantitative estimate of drug-likeness (QED) is 0.214. The van der Waals surface area contributed by atoms with Crippen LogP contribution >= 0.6 is 0 Å². The molecule has 0 N–H and O–H groups in total. The average Bonchev–Trinajstić information content (AvgIpc) is 2.72. The zero-order valence-electron chi connectivity index (χ0n) is 16.2. The molecule has 0 spiro atoms. The first-order valence-electron chi connectivity index (χ1n) is 9.23. The third-order valence-corrected chi connectivity index (χ3v) is 5.00. The van der Waals surface area contributed by atoms with Crippen LogP contribution in [0.2, 0.25) is 0 Å². The Hall–Kier alpha value is -3.77. The normalized spacial score (nSPS) is 14.8. The van der Waals surface area contributed by atoms with Crippen molar-refractivity contribution in [3.8, 4) is 5.75 Å². The smallest absolute Gasteiger partial charge is 0.416 e. The highest BCUT2D eigenvalue weighted by Gasteiger charge is 2.35. The number of hydrogen-bond donors (Lipinski definition) is 0. The number of benzene rings is 2. The van der Waals surface area contributed by atoms with E-state index in [-0.39, 0.29) is 31.6 Å². The van der Waals surface area contributed by atoms with Crippen molar-refractivity contribution < 1.29 is 36.9 Å². The second-order valence-corrected chi connectivity index (χ2v) is 7.01. The number of halogens is 4. The second-order valence-electron chi connectivity index (χ2n) is 7.01. The van der Waals surface area contributed by atoms with Gasteiger partial charge in [0.2, 0.25) is 5.75 Å². The van der Waals surface area contributed by atoms with Crippen LogP contribution in [-0.4, -0.2) is 28.9 Å². The van der Waals surface area contributed by atoms with Crippen molar-refractivity contribution in [2.75, 3.05) is 18.0 Å². The maximum atomic E-state index is 13.4. The summed E-state index contributed by atoms with van der Waals surface area (Å²) in [4.78, 5) is 34.5. The first-order valence-corrected chi connectivity index (χ1v) is 9.23. The number of nitro benzene ring substituents is 2.